The van der Waals surface area contributed by atoms with E-state index in [-0.39, 0.29) is 17.7 Å². The number of benzene rings is 1. The number of hydrogen-bond acceptors (Lipinski definition) is 6. The molecule has 6 rings (SSSR count). The number of allylic oxidation sites excluding steroid dienone is 2. The van der Waals surface area contributed by atoms with Crippen molar-refractivity contribution in [3.8, 4) is 22.6 Å². The van der Waals surface area contributed by atoms with Crippen molar-refractivity contribution in [2.75, 3.05) is 12.4 Å². The first-order chi connectivity index (χ1) is 19.6. The van der Waals surface area contributed by atoms with E-state index in [0.717, 1.165) is 27.5 Å². The Kier molecular flexibility index (Phi) is 6.50. The summed E-state index contributed by atoms with van der Waals surface area (Å²) in [6.45, 7) is 7.38. The van der Waals surface area contributed by atoms with E-state index in [2.05, 4.69) is 30.5 Å². The highest BCUT2D eigenvalue weighted by molar-refractivity contribution is 5.98. The number of aromatic nitrogens is 6. The second-order valence-corrected chi connectivity index (χ2v) is 11.3. The van der Waals surface area contributed by atoms with E-state index in [9.17, 15) is 9.18 Å². The van der Waals surface area contributed by atoms with Crippen LogP contribution in [0.2, 0.25) is 0 Å². The average molecular weight is 552 g/mol. The van der Waals surface area contributed by atoms with Crippen molar-refractivity contribution >= 4 is 39.1 Å². The highest BCUT2D eigenvalue weighted by Crippen LogP contribution is 2.35. The fraction of sp³-hybridized carbons (Fsp3) is 0.258. The summed E-state index contributed by atoms with van der Waals surface area (Å²) in [6, 6.07) is 9.66. The van der Waals surface area contributed by atoms with Gasteiger partial charge in [0.25, 0.3) is 0 Å². The molecular formula is C31H30FN7O2. The number of halogens is 1. The number of pyridine rings is 2. The molecule has 0 radical (unpaired) electrons. The van der Waals surface area contributed by atoms with Gasteiger partial charge in [-0.3, -0.25) is 19.9 Å². The van der Waals surface area contributed by atoms with Gasteiger partial charge in [0.2, 0.25) is 5.91 Å². The van der Waals surface area contributed by atoms with Crippen LogP contribution in [-0.4, -0.2) is 49.3 Å². The minimum absolute atomic E-state index is 0.0859. The number of methoxy groups -OCH3 is 1. The number of imidazole rings is 1. The zero-order valence-electron chi connectivity index (χ0n) is 23.4. The first-order valence-corrected chi connectivity index (χ1v) is 13.3. The monoisotopic (exact) mass is 551 g/mol. The maximum Gasteiger partial charge on any atom is 0.229 e. The Hall–Kier alpha value is -4.70. The Morgan fingerprint density at radius 2 is 1.90 bits per heavy atom. The SMILES string of the molecule is COC1C=C(c2nccc3[nH]c(-c4n[nH]c5ccc(-c6cncc(NC(=O)C(C)(C)C)c6)cc45)nc23)C=C(F)C1C. The summed E-state index contributed by atoms with van der Waals surface area (Å²) in [6.07, 6.45) is 8.04. The highest BCUT2D eigenvalue weighted by atomic mass is 19.1. The molecule has 208 valence electrons. The number of H-pyrrole nitrogens is 2. The van der Waals surface area contributed by atoms with E-state index in [0.29, 0.717) is 34.0 Å². The van der Waals surface area contributed by atoms with E-state index < -0.39 is 11.5 Å². The number of anilines is 1. The summed E-state index contributed by atoms with van der Waals surface area (Å²) >= 11 is 0. The Morgan fingerprint density at radius 3 is 2.68 bits per heavy atom. The second kappa shape index (κ2) is 10.0. The summed E-state index contributed by atoms with van der Waals surface area (Å²) in [4.78, 5) is 29.6. The third kappa shape index (κ3) is 4.91. The van der Waals surface area contributed by atoms with Crippen molar-refractivity contribution < 1.29 is 13.9 Å². The van der Waals surface area contributed by atoms with Crippen LogP contribution in [0, 0.1) is 11.3 Å². The maximum atomic E-state index is 14.7. The molecule has 41 heavy (non-hydrogen) atoms. The molecule has 9 nitrogen and oxygen atoms in total. The Balaban J connectivity index is 1.39. The summed E-state index contributed by atoms with van der Waals surface area (Å²) < 4.78 is 20.2. The van der Waals surface area contributed by atoms with Crippen molar-refractivity contribution in [2.24, 2.45) is 11.3 Å². The standard InChI is InChI=1S/C31H30FN7O2/c1-16-22(32)12-18(13-25(16)41-5)26-28-24(8-9-34-26)36-29(37-28)27-21-11-17(6-7-23(21)38-39-27)19-10-20(15-33-14-19)35-30(40)31(2,3)4/h6-16,25H,1-5H3,(H,35,40)(H,36,37)(H,38,39). The molecule has 1 aliphatic carbocycles. The van der Waals surface area contributed by atoms with E-state index in [1.807, 2.05) is 57.2 Å². The number of hydrogen-bond donors (Lipinski definition) is 3. The van der Waals surface area contributed by atoms with Crippen LogP contribution in [0.4, 0.5) is 10.1 Å². The molecule has 0 bridgehead atoms. The quantitative estimate of drug-likeness (QED) is 0.231. The zero-order chi connectivity index (χ0) is 28.9. The van der Waals surface area contributed by atoms with Crippen molar-refractivity contribution in [2.45, 2.75) is 33.8 Å². The van der Waals surface area contributed by atoms with Crippen molar-refractivity contribution in [3.05, 3.63) is 72.6 Å². The predicted octanol–water partition coefficient (Wildman–Crippen LogP) is 6.45. The number of carbonyl (C=O) groups is 1. The van der Waals surface area contributed by atoms with Crippen LogP contribution in [0.15, 0.2) is 66.9 Å². The maximum absolute atomic E-state index is 14.7. The smallest absolute Gasteiger partial charge is 0.229 e. The van der Waals surface area contributed by atoms with Crippen LogP contribution in [0.3, 0.4) is 0 Å². The zero-order valence-corrected chi connectivity index (χ0v) is 23.4. The molecular weight excluding hydrogens is 521 g/mol. The first-order valence-electron chi connectivity index (χ1n) is 13.3. The average Bonchev–Trinajstić information content (AvgIpc) is 3.57. The molecule has 2 atom stereocenters. The normalized spacial score (nSPS) is 17.5. The third-order valence-electron chi connectivity index (χ3n) is 7.31. The second-order valence-electron chi connectivity index (χ2n) is 11.3. The van der Waals surface area contributed by atoms with Gasteiger partial charge in [-0.1, -0.05) is 33.8 Å². The van der Waals surface area contributed by atoms with Gasteiger partial charge in [-0.2, -0.15) is 5.10 Å². The number of ether oxygens (including phenoxy) is 1. The van der Waals surface area contributed by atoms with E-state index in [1.165, 1.54) is 6.08 Å². The van der Waals surface area contributed by atoms with Crippen LogP contribution in [0.1, 0.15) is 33.4 Å². The van der Waals surface area contributed by atoms with Gasteiger partial charge in [-0.15, -0.1) is 0 Å². The summed E-state index contributed by atoms with van der Waals surface area (Å²) in [5.74, 6) is -0.157. The van der Waals surface area contributed by atoms with Gasteiger partial charge in [0.15, 0.2) is 5.82 Å². The summed E-state index contributed by atoms with van der Waals surface area (Å²) in [5, 5.41) is 11.4. The van der Waals surface area contributed by atoms with Crippen LogP contribution in [-0.2, 0) is 9.53 Å². The molecule has 4 heterocycles. The number of aromatic amines is 2. The third-order valence-corrected chi connectivity index (χ3v) is 7.31. The van der Waals surface area contributed by atoms with Crippen LogP contribution in [0.5, 0.6) is 0 Å². The van der Waals surface area contributed by atoms with Gasteiger partial charge in [0.05, 0.1) is 34.7 Å². The lowest BCUT2D eigenvalue weighted by Crippen LogP contribution is -2.27. The molecule has 3 N–H and O–H groups in total. The van der Waals surface area contributed by atoms with Crippen LogP contribution >= 0.6 is 0 Å². The Labute approximate surface area is 236 Å². The lowest BCUT2D eigenvalue weighted by Gasteiger charge is -2.23. The summed E-state index contributed by atoms with van der Waals surface area (Å²) in [7, 11) is 1.57. The van der Waals surface area contributed by atoms with Gasteiger partial charge in [0, 0.05) is 47.4 Å². The molecule has 1 amide bonds. The number of rotatable bonds is 5. The number of nitrogens with zero attached hydrogens (tertiary/aromatic N) is 4. The molecule has 1 aromatic carbocycles. The molecule has 4 aromatic heterocycles. The Morgan fingerprint density at radius 1 is 1.07 bits per heavy atom. The van der Waals surface area contributed by atoms with Gasteiger partial charge in [-0.25, -0.2) is 9.37 Å². The van der Waals surface area contributed by atoms with Gasteiger partial charge in [-0.05, 0) is 42.0 Å². The molecule has 0 saturated carbocycles. The van der Waals surface area contributed by atoms with Gasteiger partial charge >= 0.3 is 0 Å². The Bertz CT molecular complexity index is 1860. The minimum atomic E-state index is -0.523. The largest absolute Gasteiger partial charge is 0.377 e. The predicted molar refractivity (Wildman–Crippen MR) is 157 cm³/mol. The fourth-order valence-electron chi connectivity index (χ4n) is 4.84. The molecule has 0 spiro atoms. The molecule has 0 saturated heterocycles. The van der Waals surface area contributed by atoms with Crippen LogP contribution in [0.25, 0.3) is 50.2 Å². The van der Waals surface area contributed by atoms with Crippen LogP contribution < -0.4 is 5.32 Å². The molecule has 0 aliphatic heterocycles. The molecule has 5 aromatic rings. The first kappa shape index (κ1) is 26.5. The molecule has 0 fully saturated rings. The molecule has 2 unspecified atom stereocenters. The lowest BCUT2D eigenvalue weighted by molar-refractivity contribution is -0.123. The van der Waals surface area contributed by atoms with E-state index in [1.54, 1.807) is 32.6 Å². The lowest BCUT2D eigenvalue weighted by atomic mass is 9.92. The van der Waals surface area contributed by atoms with E-state index >= 15 is 0 Å². The number of fused-ring (bicyclic) bond motifs is 2. The highest BCUT2D eigenvalue weighted by Gasteiger charge is 2.26. The van der Waals surface area contributed by atoms with Gasteiger partial charge in [0.1, 0.15) is 17.0 Å². The fourth-order valence-corrected chi connectivity index (χ4v) is 4.84. The molecule has 10 heteroatoms. The van der Waals surface area contributed by atoms with E-state index in [4.69, 9.17) is 9.72 Å². The summed E-state index contributed by atoms with van der Waals surface area (Å²) in [5.41, 5.74) is 5.89. The number of carbonyl (C=O) groups excluding carboxylic acids is 1. The minimum Gasteiger partial charge on any atom is -0.377 e. The van der Waals surface area contributed by atoms with Gasteiger partial charge < -0.3 is 15.0 Å². The molecule has 1 aliphatic rings. The van der Waals surface area contributed by atoms with Crippen molar-refractivity contribution in [3.63, 3.8) is 0 Å². The number of amides is 1. The van der Waals surface area contributed by atoms with Crippen molar-refractivity contribution in [1.82, 2.24) is 30.1 Å². The van der Waals surface area contributed by atoms with Crippen molar-refractivity contribution in [1.29, 1.82) is 0 Å². The number of nitrogens with one attached hydrogen (secondary N) is 3. The topological polar surface area (TPSA) is 121 Å².